The van der Waals surface area contributed by atoms with Crippen molar-refractivity contribution in [3.05, 3.63) is 60.2 Å². The normalized spacial score (nSPS) is 12.6. The molecule has 0 heterocycles. The van der Waals surface area contributed by atoms with E-state index in [4.69, 9.17) is 4.74 Å². The molecular weight excluding hydrogens is 336 g/mol. The van der Waals surface area contributed by atoms with Crippen LogP contribution in [0.15, 0.2) is 54.6 Å². The average Bonchev–Trinajstić information content (AvgIpc) is 2.62. The average molecular weight is 356 g/mol. The van der Waals surface area contributed by atoms with Crippen molar-refractivity contribution in [2.45, 2.75) is 26.1 Å². The van der Waals surface area contributed by atoms with E-state index in [1.807, 2.05) is 0 Å². The molecule has 0 aliphatic carbocycles. The molecule has 2 atom stereocenters. The molecule has 2 rings (SSSR count). The van der Waals surface area contributed by atoms with Gasteiger partial charge < -0.3 is 20.5 Å². The first-order valence-electron chi connectivity index (χ1n) is 7.99. The van der Waals surface area contributed by atoms with Gasteiger partial charge in [0.15, 0.2) is 12.2 Å². The maximum Gasteiger partial charge on any atom is 0.340 e. The maximum atomic E-state index is 12.1. The molecule has 0 fully saturated rings. The van der Waals surface area contributed by atoms with Crippen LogP contribution in [0, 0.1) is 0 Å². The first-order chi connectivity index (χ1) is 12.4. The standard InChI is InChI=1S/C19H20N2O5/c1-12(26-19(25)17(23)14-6-4-3-5-7-14)18(24)21-16-10-8-15(9-11-16)20-13(2)22/h3-12,17,23H,1-2H3,(H,20,22)(H,21,24)/t12-,17+/m0/s1. The van der Waals surface area contributed by atoms with Crippen molar-refractivity contribution in [3.8, 4) is 0 Å². The Morgan fingerprint density at radius 3 is 2.00 bits per heavy atom. The Kier molecular flexibility index (Phi) is 6.46. The number of nitrogens with one attached hydrogen (secondary N) is 2. The molecule has 0 bridgehead atoms. The van der Waals surface area contributed by atoms with Gasteiger partial charge in [-0.05, 0) is 36.8 Å². The van der Waals surface area contributed by atoms with Crippen LogP contribution in [0.1, 0.15) is 25.5 Å². The smallest absolute Gasteiger partial charge is 0.340 e. The molecule has 136 valence electrons. The number of hydrogen-bond donors (Lipinski definition) is 3. The van der Waals surface area contributed by atoms with Crippen LogP contribution in [0.3, 0.4) is 0 Å². The highest BCUT2D eigenvalue weighted by molar-refractivity contribution is 5.96. The van der Waals surface area contributed by atoms with Crippen molar-refractivity contribution >= 4 is 29.2 Å². The predicted octanol–water partition coefficient (Wildman–Crippen LogP) is 2.25. The minimum Gasteiger partial charge on any atom is -0.450 e. The Morgan fingerprint density at radius 1 is 0.923 bits per heavy atom. The monoisotopic (exact) mass is 356 g/mol. The minimum absolute atomic E-state index is 0.195. The lowest BCUT2D eigenvalue weighted by atomic mass is 10.1. The molecule has 0 spiro atoms. The second-order valence-electron chi connectivity index (χ2n) is 5.64. The van der Waals surface area contributed by atoms with E-state index < -0.39 is 24.1 Å². The van der Waals surface area contributed by atoms with Crippen LogP contribution in [0.5, 0.6) is 0 Å². The summed E-state index contributed by atoms with van der Waals surface area (Å²) in [5.41, 5.74) is 1.47. The van der Waals surface area contributed by atoms with E-state index in [0.717, 1.165) is 0 Å². The molecule has 7 heteroatoms. The van der Waals surface area contributed by atoms with Gasteiger partial charge in [0.05, 0.1) is 0 Å². The SMILES string of the molecule is CC(=O)Nc1ccc(NC(=O)[C@H](C)OC(=O)[C@H](O)c2ccccc2)cc1. The molecule has 0 aliphatic rings. The van der Waals surface area contributed by atoms with Crippen molar-refractivity contribution in [3.63, 3.8) is 0 Å². The van der Waals surface area contributed by atoms with E-state index in [2.05, 4.69) is 10.6 Å². The minimum atomic E-state index is -1.46. The van der Waals surface area contributed by atoms with Gasteiger partial charge in [0, 0.05) is 18.3 Å². The number of rotatable bonds is 6. The first kappa shape index (κ1) is 19.1. The van der Waals surface area contributed by atoms with Gasteiger partial charge in [0.25, 0.3) is 5.91 Å². The van der Waals surface area contributed by atoms with Gasteiger partial charge in [0.1, 0.15) is 0 Å². The molecule has 7 nitrogen and oxygen atoms in total. The summed E-state index contributed by atoms with van der Waals surface area (Å²) in [5.74, 6) is -1.63. The number of hydrogen-bond acceptors (Lipinski definition) is 5. The fourth-order valence-corrected chi connectivity index (χ4v) is 2.15. The Bertz CT molecular complexity index is 774. The van der Waals surface area contributed by atoms with Gasteiger partial charge in [-0.15, -0.1) is 0 Å². The van der Waals surface area contributed by atoms with Crippen LogP contribution in [0.2, 0.25) is 0 Å². The highest BCUT2D eigenvalue weighted by Crippen LogP contribution is 2.16. The van der Waals surface area contributed by atoms with E-state index >= 15 is 0 Å². The van der Waals surface area contributed by atoms with Gasteiger partial charge in [-0.25, -0.2) is 4.79 Å². The molecule has 0 unspecified atom stereocenters. The van der Waals surface area contributed by atoms with Gasteiger partial charge in [0.2, 0.25) is 5.91 Å². The summed E-state index contributed by atoms with van der Waals surface area (Å²) >= 11 is 0. The number of carbonyl (C=O) groups is 3. The number of esters is 1. The summed E-state index contributed by atoms with van der Waals surface area (Å²) < 4.78 is 5.02. The number of carbonyl (C=O) groups excluding carboxylic acids is 3. The lowest BCUT2D eigenvalue weighted by molar-refractivity contribution is -0.162. The van der Waals surface area contributed by atoms with E-state index in [1.165, 1.54) is 13.8 Å². The predicted molar refractivity (Wildman–Crippen MR) is 96.3 cm³/mol. The van der Waals surface area contributed by atoms with Crippen molar-refractivity contribution in [1.82, 2.24) is 0 Å². The van der Waals surface area contributed by atoms with E-state index in [9.17, 15) is 19.5 Å². The second-order valence-corrected chi connectivity index (χ2v) is 5.64. The Hall–Kier alpha value is -3.19. The third kappa shape index (κ3) is 5.42. The lowest BCUT2D eigenvalue weighted by Gasteiger charge is -2.16. The molecule has 0 saturated heterocycles. The van der Waals surface area contributed by atoms with Crippen LogP contribution >= 0.6 is 0 Å². The summed E-state index contributed by atoms with van der Waals surface area (Å²) in [6, 6.07) is 14.8. The molecule has 2 aromatic carbocycles. The summed E-state index contributed by atoms with van der Waals surface area (Å²) in [5, 5.41) is 15.2. The van der Waals surface area contributed by atoms with Crippen LogP contribution in [-0.2, 0) is 19.1 Å². The number of aliphatic hydroxyl groups is 1. The van der Waals surface area contributed by atoms with E-state index in [-0.39, 0.29) is 5.91 Å². The van der Waals surface area contributed by atoms with Crippen molar-refractivity contribution in [1.29, 1.82) is 0 Å². The molecular formula is C19H20N2O5. The van der Waals surface area contributed by atoms with Crippen molar-refractivity contribution in [2.75, 3.05) is 10.6 Å². The van der Waals surface area contributed by atoms with Crippen LogP contribution < -0.4 is 10.6 Å². The fourth-order valence-electron chi connectivity index (χ4n) is 2.15. The van der Waals surface area contributed by atoms with Crippen LogP contribution in [0.4, 0.5) is 11.4 Å². The molecule has 2 amide bonds. The van der Waals surface area contributed by atoms with Gasteiger partial charge >= 0.3 is 5.97 Å². The Labute approximate surface area is 151 Å². The second kappa shape index (κ2) is 8.77. The van der Waals surface area contributed by atoms with Crippen molar-refractivity contribution in [2.24, 2.45) is 0 Å². The third-order valence-corrected chi connectivity index (χ3v) is 3.47. The van der Waals surface area contributed by atoms with Crippen molar-refractivity contribution < 1.29 is 24.2 Å². The van der Waals surface area contributed by atoms with E-state index in [1.54, 1.807) is 54.6 Å². The summed E-state index contributed by atoms with van der Waals surface area (Å²) in [4.78, 5) is 35.1. The number of benzene rings is 2. The number of ether oxygens (including phenoxy) is 1. The summed E-state index contributed by atoms with van der Waals surface area (Å²) in [7, 11) is 0. The number of aliphatic hydroxyl groups excluding tert-OH is 1. The Balaban J connectivity index is 1.90. The van der Waals surface area contributed by atoms with E-state index in [0.29, 0.717) is 16.9 Å². The molecule has 26 heavy (non-hydrogen) atoms. The number of anilines is 2. The highest BCUT2D eigenvalue weighted by Gasteiger charge is 2.24. The largest absolute Gasteiger partial charge is 0.450 e. The van der Waals surface area contributed by atoms with Crippen LogP contribution in [-0.4, -0.2) is 29.0 Å². The number of amides is 2. The maximum absolute atomic E-state index is 12.1. The zero-order chi connectivity index (χ0) is 19.1. The summed E-state index contributed by atoms with van der Waals surface area (Å²) in [6.07, 6.45) is -2.54. The zero-order valence-corrected chi connectivity index (χ0v) is 14.4. The Morgan fingerprint density at radius 2 is 1.46 bits per heavy atom. The van der Waals surface area contributed by atoms with Gasteiger partial charge in [-0.3, -0.25) is 9.59 Å². The van der Waals surface area contributed by atoms with Gasteiger partial charge in [-0.1, -0.05) is 30.3 Å². The lowest BCUT2D eigenvalue weighted by Crippen LogP contribution is -2.31. The molecule has 0 aliphatic heterocycles. The first-order valence-corrected chi connectivity index (χ1v) is 7.99. The summed E-state index contributed by atoms with van der Waals surface area (Å²) in [6.45, 7) is 2.81. The molecule has 3 N–H and O–H groups in total. The third-order valence-electron chi connectivity index (χ3n) is 3.47. The quantitative estimate of drug-likeness (QED) is 0.689. The fraction of sp³-hybridized carbons (Fsp3) is 0.211. The highest BCUT2D eigenvalue weighted by atomic mass is 16.6. The van der Waals surface area contributed by atoms with Gasteiger partial charge in [-0.2, -0.15) is 0 Å². The molecule has 2 aromatic rings. The topological polar surface area (TPSA) is 105 Å². The van der Waals surface area contributed by atoms with Crippen LogP contribution in [0.25, 0.3) is 0 Å². The molecule has 0 saturated carbocycles. The molecule has 0 radical (unpaired) electrons. The molecule has 0 aromatic heterocycles. The zero-order valence-electron chi connectivity index (χ0n) is 14.4.